The van der Waals surface area contributed by atoms with Crippen LogP contribution in [0.2, 0.25) is 0 Å². The molecule has 1 aromatic carbocycles. The fourth-order valence-electron chi connectivity index (χ4n) is 2.39. The van der Waals surface area contributed by atoms with Gasteiger partial charge in [-0.25, -0.2) is 4.68 Å². The SMILES string of the molecule is C[C@H](NC(=O)[C@H]1COCCO1)c1cccc(-n2cccn2)c1. The van der Waals surface area contributed by atoms with E-state index in [9.17, 15) is 4.79 Å². The molecule has 2 aromatic rings. The highest BCUT2D eigenvalue weighted by molar-refractivity contribution is 5.81. The Balaban J connectivity index is 1.68. The maximum absolute atomic E-state index is 12.2. The van der Waals surface area contributed by atoms with Crippen LogP contribution in [0.3, 0.4) is 0 Å². The number of benzene rings is 1. The normalized spacial score (nSPS) is 19.6. The first-order valence-electron chi connectivity index (χ1n) is 7.34. The van der Waals surface area contributed by atoms with Gasteiger partial charge >= 0.3 is 0 Å². The van der Waals surface area contributed by atoms with Gasteiger partial charge in [0.1, 0.15) is 0 Å². The lowest BCUT2D eigenvalue weighted by Gasteiger charge is -2.24. The summed E-state index contributed by atoms with van der Waals surface area (Å²) < 4.78 is 12.5. The number of carbonyl (C=O) groups excluding carboxylic acids is 1. The Morgan fingerprint density at radius 1 is 1.41 bits per heavy atom. The van der Waals surface area contributed by atoms with Crippen LogP contribution in [0.1, 0.15) is 18.5 Å². The van der Waals surface area contributed by atoms with Crippen LogP contribution in [0.25, 0.3) is 5.69 Å². The van der Waals surface area contributed by atoms with Crippen LogP contribution < -0.4 is 5.32 Å². The molecule has 1 amide bonds. The molecule has 2 atom stereocenters. The van der Waals surface area contributed by atoms with Crippen LogP contribution >= 0.6 is 0 Å². The second kappa shape index (κ2) is 6.72. The Morgan fingerprint density at radius 2 is 2.32 bits per heavy atom. The van der Waals surface area contributed by atoms with Gasteiger partial charge in [0.05, 0.1) is 31.5 Å². The topological polar surface area (TPSA) is 65.4 Å². The minimum atomic E-state index is -0.523. The van der Waals surface area contributed by atoms with Gasteiger partial charge in [-0.1, -0.05) is 12.1 Å². The number of hydrogen-bond acceptors (Lipinski definition) is 4. The summed E-state index contributed by atoms with van der Waals surface area (Å²) >= 11 is 0. The van der Waals surface area contributed by atoms with Gasteiger partial charge in [-0.05, 0) is 30.7 Å². The van der Waals surface area contributed by atoms with Gasteiger partial charge < -0.3 is 14.8 Å². The van der Waals surface area contributed by atoms with Crippen molar-refractivity contribution in [3.63, 3.8) is 0 Å². The lowest BCUT2D eigenvalue weighted by atomic mass is 10.1. The van der Waals surface area contributed by atoms with Gasteiger partial charge in [0.2, 0.25) is 0 Å². The summed E-state index contributed by atoms with van der Waals surface area (Å²) in [7, 11) is 0. The predicted octanol–water partition coefficient (Wildman–Crippen LogP) is 1.46. The summed E-state index contributed by atoms with van der Waals surface area (Å²) in [6.07, 6.45) is 3.10. The molecule has 0 saturated carbocycles. The number of hydrogen-bond donors (Lipinski definition) is 1. The van der Waals surface area contributed by atoms with Crippen molar-refractivity contribution in [2.24, 2.45) is 0 Å². The van der Waals surface area contributed by atoms with Crippen molar-refractivity contribution in [2.75, 3.05) is 19.8 Å². The number of aromatic nitrogens is 2. The van der Waals surface area contributed by atoms with E-state index < -0.39 is 6.10 Å². The van der Waals surface area contributed by atoms with Crippen molar-refractivity contribution < 1.29 is 14.3 Å². The Kier molecular flexibility index (Phi) is 4.50. The molecule has 1 aromatic heterocycles. The molecule has 0 radical (unpaired) electrons. The maximum atomic E-state index is 12.2. The third-order valence-corrected chi connectivity index (χ3v) is 3.61. The molecule has 2 heterocycles. The highest BCUT2D eigenvalue weighted by Gasteiger charge is 2.24. The zero-order valence-corrected chi connectivity index (χ0v) is 12.4. The van der Waals surface area contributed by atoms with Gasteiger partial charge in [-0.2, -0.15) is 5.10 Å². The third kappa shape index (κ3) is 3.35. The first kappa shape index (κ1) is 14.7. The van der Waals surface area contributed by atoms with Crippen LogP contribution in [-0.4, -0.2) is 41.6 Å². The third-order valence-electron chi connectivity index (χ3n) is 3.61. The molecule has 0 aliphatic carbocycles. The molecular weight excluding hydrogens is 282 g/mol. The second-order valence-electron chi connectivity index (χ2n) is 5.21. The second-order valence-corrected chi connectivity index (χ2v) is 5.21. The molecule has 116 valence electrons. The van der Waals surface area contributed by atoms with Crippen molar-refractivity contribution in [1.29, 1.82) is 0 Å². The molecule has 1 aliphatic heterocycles. The molecule has 22 heavy (non-hydrogen) atoms. The predicted molar refractivity (Wildman–Crippen MR) is 80.7 cm³/mol. The van der Waals surface area contributed by atoms with E-state index in [1.54, 1.807) is 10.9 Å². The smallest absolute Gasteiger partial charge is 0.252 e. The number of rotatable bonds is 4. The van der Waals surface area contributed by atoms with Gasteiger partial charge in [0, 0.05) is 12.4 Å². The van der Waals surface area contributed by atoms with Gasteiger partial charge in [-0.15, -0.1) is 0 Å². The number of carbonyl (C=O) groups is 1. The number of nitrogens with zero attached hydrogens (tertiary/aromatic N) is 2. The monoisotopic (exact) mass is 301 g/mol. The Morgan fingerprint density at radius 3 is 3.05 bits per heavy atom. The molecule has 1 saturated heterocycles. The highest BCUT2D eigenvalue weighted by atomic mass is 16.6. The molecule has 1 fully saturated rings. The average molecular weight is 301 g/mol. The Hall–Kier alpha value is -2.18. The molecule has 3 rings (SSSR count). The summed E-state index contributed by atoms with van der Waals surface area (Å²) in [4.78, 5) is 12.2. The minimum absolute atomic E-state index is 0.117. The van der Waals surface area contributed by atoms with Crippen LogP contribution in [0.5, 0.6) is 0 Å². The quantitative estimate of drug-likeness (QED) is 0.928. The zero-order chi connectivity index (χ0) is 15.4. The Bertz CT molecular complexity index is 621. The largest absolute Gasteiger partial charge is 0.376 e. The Labute approximate surface area is 129 Å². The van der Waals surface area contributed by atoms with Crippen LogP contribution in [0.4, 0.5) is 0 Å². The fraction of sp³-hybridized carbons (Fsp3) is 0.375. The van der Waals surface area contributed by atoms with Crippen molar-refractivity contribution >= 4 is 5.91 Å². The molecule has 1 aliphatic rings. The van der Waals surface area contributed by atoms with E-state index >= 15 is 0 Å². The van der Waals surface area contributed by atoms with E-state index in [1.165, 1.54) is 0 Å². The standard InChI is InChI=1S/C16H19N3O3/c1-12(18-16(20)15-11-21-8-9-22-15)13-4-2-5-14(10-13)19-7-3-6-17-19/h2-7,10,12,15H,8-9,11H2,1H3,(H,18,20)/t12-,15+/m0/s1. The summed E-state index contributed by atoms with van der Waals surface area (Å²) in [6, 6.07) is 9.68. The van der Waals surface area contributed by atoms with Crippen molar-refractivity contribution in [2.45, 2.75) is 19.1 Å². The molecule has 1 N–H and O–H groups in total. The van der Waals surface area contributed by atoms with Crippen LogP contribution in [0, 0.1) is 0 Å². The van der Waals surface area contributed by atoms with E-state index in [0.717, 1.165) is 11.3 Å². The van der Waals surface area contributed by atoms with E-state index in [1.807, 2.05) is 43.5 Å². The minimum Gasteiger partial charge on any atom is -0.376 e. The summed E-state index contributed by atoms with van der Waals surface area (Å²) in [5, 5.41) is 7.18. The lowest BCUT2D eigenvalue weighted by molar-refractivity contribution is -0.148. The van der Waals surface area contributed by atoms with Crippen molar-refractivity contribution in [3.05, 3.63) is 48.3 Å². The van der Waals surface area contributed by atoms with Crippen LogP contribution in [0.15, 0.2) is 42.7 Å². The van der Waals surface area contributed by atoms with Gasteiger partial charge in [-0.3, -0.25) is 4.79 Å². The average Bonchev–Trinajstić information content (AvgIpc) is 3.10. The highest BCUT2D eigenvalue weighted by Crippen LogP contribution is 2.17. The number of nitrogens with one attached hydrogen (secondary N) is 1. The summed E-state index contributed by atoms with van der Waals surface area (Å²) in [5.41, 5.74) is 1.97. The number of amides is 1. The van der Waals surface area contributed by atoms with E-state index in [2.05, 4.69) is 10.4 Å². The molecule has 6 nitrogen and oxygen atoms in total. The van der Waals surface area contributed by atoms with Crippen molar-refractivity contribution in [3.8, 4) is 5.69 Å². The first-order valence-corrected chi connectivity index (χ1v) is 7.34. The van der Waals surface area contributed by atoms with E-state index in [0.29, 0.717) is 19.8 Å². The van der Waals surface area contributed by atoms with Crippen LogP contribution in [-0.2, 0) is 14.3 Å². The molecule has 0 spiro atoms. The first-order chi connectivity index (χ1) is 10.7. The fourth-order valence-corrected chi connectivity index (χ4v) is 2.39. The van der Waals surface area contributed by atoms with Gasteiger partial charge in [0.25, 0.3) is 5.91 Å². The molecule has 0 unspecified atom stereocenters. The number of ether oxygens (including phenoxy) is 2. The molecular formula is C16H19N3O3. The summed E-state index contributed by atoms with van der Waals surface area (Å²) in [5.74, 6) is -0.142. The zero-order valence-electron chi connectivity index (χ0n) is 12.4. The van der Waals surface area contributed by atoms with Gasteiger partial charge in [0.15, 0.2) is 6.10 Å². The molecule has 6 heteroatoms. The van der Waals surface area contributed by atoms with Crippen molar-refractivity contribution in [1.82, 2.24) is 15.1 Å². The summed E-state index contributed by atoms with van der Waals surface area (Å²) in [6.45, 7) is 3.27. The van der Waals surface area contributed by atoms with E-state index in [4.69, 9.17) is 9.47 Å². The lowest BCUT2D eigenvalue weighted by Crippen LogP contribution is -2.43. The molecule has 0 bridgehead atoms. The maximum Gasteiger partial charge on any atom is 0.252 e. The van der Waals surface area contributed by atoms with E-state index in [-0.39, 0.29) is 11.9 Å².